The first kappa shape index (κ1) is 6.79. The quantitative estimate of drug-likeness (QED) is 0.490. The van der Waals surface area contributed by atoms with Gasteiger partial charge < -0.3 is 0 Å². The lowest BCUT2D eigenvalue weighted by atomic mass is 9.98. The van der Waals surface area contributed by atoms with Crippen LogP contribution in [0.5, 0.6) is 0 Å². The van der Waals surface area contributed by atoms with Crippen LogP contribution in [0.3, 0.4) is 0 Å². The molecule has 1 nitrogen and oxygen atoms in total. The van der Waals surface area contributed by atoms with E-state index >= 15 is 0 Å². The van der Waals surface area contributed by atoms with E-state index in [4.69, 9.17) is 0 Å². The summed E-state index contributed by atoms with van der Waals surface area (Å²) in [6.07, 6.45) is 5.88. The van der Waals surface area contributed by atoms with E-state index in [9.17, 15) is 4.79 Å². The predicted octanol–water partition coefficient (Wildman–Crippen LogP) is 1.95. The van der Waals surface area contributed by atoms with Crippen molar-refractivity contribution >= 4 is 14.4 Å². The van der Waals surface area contributed by atoms with Crippen LogP contribution in [-0.2, 0) is 4.79 Å². The first-order valence-electron chi connectivity index (χ1n) is 4.12. The summed E-state index contributed by atoms with van der Waals surface area (Å²) in [5.74, 6) is 0.536. The molecule has 0 N–H and O–H groups in total. The summed E-state index contributed by atoms with van der Waals surface area (Å²) < 4.78 is 0. The minimum absolute atomic E-state index is 0.536. The van der Waals surface area contributed by atoms with E-state index in [0.29, 0.717) is 5.78 Å². The monoisotopic (exact) mass is 156 g/mol. The van der Waals surface area contributed by atoms with Gasteiger partial charge in [0, 0.05) is 12.8 Å². The number of ketones is 1. The molecule has 0 aromatic rings. The molecule has 2 bridgehead atoms. The van der Waals surface area contributed by atoms with Gasteiger partial charge in [-0.05, 0) is 24.2 Å². The van der Waals surface area contributed by atoms with Crippen molar-refractivity contribution in [2.45, 2.75) is 43.4 Å². The molecule has 2 fully saturated rings. The maximum atomic E-state index is 11.1. The van der Waals surface area contributed by atoms with Gasteiger partial charge in [-0.15, -0.1) is 8.58 Å². The molecule has 2 heterocycles. The zero-order valence-electron chi connectivity index (χ0n) is 6.10. The van der Waals surface area contributed by atoms with Gasteiger partial charge in [0.2, 0.25) is 0 Å². The van der Waals surface area contributed by atoms with Crippen LogP contribution in [0.4, 0.5) is 0 Å². The fourth-order valence-electron chi connectivity index (χ4n) is 2.07. The van der Waals surface area contributed by atoms with E-state index in [1.54, 1.807) is 0 Å². The van der Waals surface area contributed by atoms with Gasteiger partial charge in [-0.25, -0.2) is 0 Å². The summed E-state index contributed by atoms with van der Waals surface area (Å²) in [5.41, 5.74) is 1.61. The minimum Gasteiger partial charge on any atom is -0.300 e. The third-order valence-corrected chi connectivity index (χ3v) is 4.45. The second kappa shape index (κ2) is 2.62. The molecule has 10 heavy (non-hydrogen) atoms. The van der Waals surface area contributed by atoms with E-state index in [-0.39, 0.29) is 0 Å². The Hall–Kier alpha value is 0.100. The summed E-state index contributed by atoms with van der Waals surface area (Å²) in [7, 11) is 1.12. The Morgan fingerprint density at radius 1 is 1.20 bits per heavy atom. The molecule has 2 unspecified atom stereocenters. The van der Waals surface area contributed by atoms with Crippen molar-refractivity contribution in [1.29, 1.82) is 0 Å². The van der Waals surface area contributed by atoms with Crippen LogP contribution in [-0.4, -0.2) is 17.1 Å². The van der Waals surface area contributed by atoms with Crippen molar-refractivity contribution in [3.63, 3.8) is 0 Å². The lowest BCUT2D eigenvalue weighted by Crippen LogP contribution is -2.26. The zero-order chi connectivity index (χ0) is 6.97. The average molecular weight is 156 g/mol. The highest BCUT2D eigenvalue weighted by Gasteiger charge is 2.29. The number of fused-ring (bicyclic) bond motifs is 2. The zero-order valence-corrected chi connectivity index (χ0v) is 7.10. The molecular weight excluding hydrogens is 143 g/mol. The molecule has 0 spiro atoms. The van der Waals surface area contributed by atoms with Gasteiger partial charge in [-0.2, -0.15) is 0 Å². The van der Waals surface area contributed by atoms with Crippen molar-refractivity contribution in [2.24, 2.45) is 0 Å². The van der Waals surface area contributed by atoms with Crippen LogP contribution in [0.15, 0.2) is 0 Å². The average Bonchev–Trinajstić information content (AvgIpc) is 1.85. The number of hydrogen-bond acceptors (Lipinski definition) is 1. The number of carbonyl (C=O) groups excluding carboxylic acids is 1. The van der Waals surface area contributed by atoms with E-state index in [1.807, 2.05) is 0 Å². The standard InChI is InChI=1S/C8H13OP/c9-6-4-7-2-1-3-8(5-6)10-7/h7-8,10H,1-5H2. The second-order valence-electron chi connectivity index (χ2n) is 3.44. The molecule has 2 aliphatic rings. The maximum Gasteiger partial charge on any atom is 0.134 e. The highest BCUT2D eigenvalue weighted by atomic mass is 31.1. The molecule has 0 amide bonds. The van der Waals surface area contributed by atoms with E-state index in [1.165, 1.54) is 19.3 Å². The second-order valence-corrected chi connectivity index (χ2v) is 5.40. The number of hydrogen-bond donors (Lipinski definition) is 0. The molecule has 2 aliphatic heterocycles. The number of Topliss-reactive ketones (excluding diaryl/α,β-unsaturated/α-hetero) is 1. The lowest BCUT2D eigenvalue weighted by molar-refractivity contribution is -0.119. The highest BCUT2D eigenvalue weighted by Crippen LogP contribution is 2.44. The van der Waals surface area contributed by atoms with Crippen molar-refractivity contribution in [1.82, 2.24) is 0 Å². The van der Waals surface area contributed by atoms with Crippen molar-refractivity contribution in [2.75, 3.05) is 0 Å². The predicted molar refractivity (Wildman–Crippen MR) is 44.0 cm³/mol. The molecule has 0 aromatic heterocycles. The normalized spacial score (nSPS) is 42.2. The van der Waals surface area contributed by atoms with Gasteiger partial charge in [-0.1, -0.05) is 6.42 Å². The summed E-state index contributed by atoms with van der Waals surface area (Å²) in [6, 6.07) is 0. The molecule has 2 saturated heterocycles. The Morgan fingerprint density at radius 2 is 1.80 bits per heavy atom. The first-order valence-corrected chi connectivity index (χ1v) is 5.28. The summed E-state index contributed by atoms with van der Waals surface area (Å²) in [4.78, 5) is 11.1. The molecule has 2 atom stereocenters. The summed E-state index contributed by atoms with van der Waals surface area (Å²) in [5, 5.41) is 0. The summed E-state index contributed by atoms with van der Waals surface area (Å²) >= 11 is 0. The molecule has 2 heteroatoms. The topological polar surface area (TPSA) is 17.1 Å². The number of rotatable bonds is 0. The Labute approximate surface area is 63.4 Å². The fourth-order valence-corrected chi connectivity index (χ4v) is 4.16. The Morgan fingerprint density at radius 3 is 2.40 bits per heavy atom. The van der Waals surface area contributed by atoms with Gasteiger partial charge in [0.05, 0.1) is 0 Å². The third-order valence-electron chi connectivity index (χ3n) is 2.52. The van der Waals surface area contributed by atoms with Crippen LogP contribution in [0.1, 0.15) is 32.1 Å². The molecule has 0 radical (unpaired) electrons. The fraction of sp³-hybridized carbons (Fsp3) is 0.875. The number of carbonyl (C=O) groups is 1. The van der Waals surface area contributed by atoms with E-state index < -0.39 is 0 Å². The van der Waals surface area contributed by atoms with Crippen LogP contribution < -0.4 is 0 Å². The SMILES string of the molecule is O=C1CC2CCCC(C1)P2. The van der Waals surface area contributed by atoms with Crippen LogP contribution in [0.2, 0.25) is 0 Å². The Kier molecular flexibility index (Phi) is 1.78. The van der Waals surface area contributed by atoms with Gasteiger partial charge in [0.25, 0.3) is 0 Å². The molecule has 2 rings (SSSR count). The van der Waals surface area contributed by atoms with Crippen LogP contribution in [0, 0.1) is 0 Å². The van der Waals surface area contributed by atoms with Crippen molar-refractivity contribution in [3.05, 3.63) is 0 Å². The smallest absolute Gasteiger partial charge is 0.134 e. The maximum absolute atomic E-state index is 11.1. The van der Waals surface area contributed by atoms with Gasteiger partial charge in [0.15, 0.2) is 0 Å². The minimum atomic E-state index is 0.536. The van der Waals surface area contributed by atoms with Crippen LogP contribution in [0.25, 0.3) is 0 Å². The molecule has 0 aliphatic carbocycles. The lowest BCUT2D eigenvalue weighted by Gasteiger charge is -2.33. The van der Waals surface area contributed by atoms with E-state index in [0.717, 1.165) is 32.7 Å². The third kappa shape index (κ3) is 1.25. The van der Waals surface area contributed by atoms with Crippen molar-refractivity contribution < 1.29 is 4.79 Å². The molecule has 0 saturated carbocycles. The Bertz CT molecular complexity index is 141. The summed E-state index contributed by atoms with van der Waals surface area (Å²) in [6.45, 7) is 0. The van der Waals surface area contributed by atoms with Gasteiger partial charge in [0.1, 0.15) is 5.78 Å². The first-order chi connectivity index (χ1) is 4.84. The van der Waals surface area contributed by atoms with Gasteiger partial charge >= 0.3 is 0 Å². The van der Waals surface area contributed by atoms with Gasteiger partial charge in [-0.3, -0.25) is 4.79 Å². The molecule has 56 valence electrons. The van der Waals surface area contributed by atoms with E-state index in [2.05, 4.69) is 0 Å². The molecular formula is C8H13OP. The highest BCUT2D eigenvalue weighted by molar-refractivity contribution is 7.40. The Balaban J connectivity index is 2.05. The molecule has 0 aromatic carbocycles. The largest absolute Gasteiger partial charge is 0.300 e. The van der Waals surface area contributed by atoms with Crippen LogP contribution >= 0.6 is 8.58 Å². The van der Waals surface area contributed by atoms with Crippen molar-refractivity contribution in [3.8, 4) is 0 Å².